The van der Waals surface area contributed by atoms with Crippen molar-refractivity contribution >= 4 is 11.8 Å². The summed E-state index contributed by atoms with van der Waals surface area (Å²) in [5, 5.41) is 2.87. The van der Waals surface area contributed by atoms with Gasteiger partial charge in [0.15, 0.2) is 0 Å². The highest BCUT2D eigenvalue weighted by Gasteiger charge is 2.18. The molecular weight excluding hydrogens is 276 g/mol. The average molecular weight is 298 g/mol. The first-order chi connectivity index (χ1) is 10.5. The van der Waals surface area contributed by atoms with Crippen molar-refractivity contribution in [1.82, 2.24) is 4.98 Å². The van der Waals surface area contributed by atoms with Crippen molar-refractivity contribution in [1.29, 1.82) is 0 Å². The van der Waals surface area contributed by atoms with Crippen molar-refractivity contribution in [3.63, 3.8) is 0 Å². The minimum absolute atomic E-state index is 0.214. The number of anilines is 1. The average Bonchev–Trinajstić information content (AvgIpc) is 2.47. The van der Waals surface area contributed by atoms with Gasteiger partial charge in [-0.15, -0.1) is 0 Å². The van der Waals surface area contributed by atoms with E-state index in [4.69, 9.17) is 4.74 Å². The van der Waals surface area contributed by atoms with E-state index in [1.165, 1.54) is 0 Å². The third-order valence-electron chi connectivity index (χ3n) is 3.36. The molecule has 0 aliphatic carbocycles. The Balaban J connectivity index is 2.25. The van der Waals surface area contributed by atoms with E-state index in [1.807, 2.05) is 24.3 Å². The molecule has 1 aromatic heterocycles. The first-order valence-corrected chi connectivity index (χ1v) is 7.51. The SMILES string of the molecule is CC(C)c1ccnc(C(C)C)c1NC(=O)Oc1ccccc1. The lowest BCUT2D eigenvalue weighted by Gasteiger charge is -2.18. The molecule has 1 N–H and O–H groups in total. The molecule has 1 amide bonds. The number of para-hydroxylation sites is 1. The van der Waals surface area contributed by atoms with Crippen molar-refractivity contribution in [3.05, 3.63) is 53.9 Å². The number of pyridine rings is 1. The Labute approximate surface area is 131 Å². The zero-order valence-corrected chi connectivity index (χ0v) is 13.5. The number of hydrogen-bond donors (Lipinski definition) is 1. The Morgan fingerprint density at radius 3 is 2.32 bits per heavy atom. The number of carbonyl (C=O) groups is 1. The van der Waals surface area contributed by atoms with Crippen LogP contribution in [-0.2, 0) is 0 Å². The second-order valence-electron chi connectivity index (χ2n) is 5.80. The minimum Gasteiger partial charge on any atom is -0.410 e. The van der Waals surface area contributed by atoms with Crippen molar-refractivity contribution in [2.75, 3.05) is 5.32 Å². The van der Waals surface area contributed by atoms with Gasteiger partial charge in [0.25, 0.3) is 0 Å². The van der Waals surface area contributed by atoms with Gasteiger partial charge in [-0.3, -0.25) is 10.3 Å². The van der Waals surface area contributed by atoms with Gasteiger partial charge in [-0.2, -0.15) is 0 Å². The van der Waals surface area contributed by atoms with Gasteiger partial charge in [0, 0.05) is 6.20 Å². The number of aromatic nitrogens is 1. The summed E-state index contributed by atoms with van der Waals surface area (Å²) in [5.41, 5.74) is 2.69. The number of nitrogens with one attached hydrogen (secondary N) is 1. The lowest BCUT2D eigenvalue weighted by atomic mass is 9.97. The number of carbonyl (C=O) groups excluding carboxylic acids is 1. The Bertz CT molecular complexity index is 611. The molecule has 0 radical (unpaired) electrons. The standard InChI is InChI=1S/C18H22N2O2/c1-12(2)15-10-11-19-16(13(3)4)17(15)20-18(21)22-14-8-6-5-7-9-14/h5-13H,1-4H3,(H,20,21). The van der Waals surface area contributed by atoms with E-state index in [-0.39, 0.29) is 11.8 Å². The smallest absolute Gasteiger partial charge is 0.410 e. The lowest BCUT2D eigenvalue weighted by Crippen LogP contribution is -2.20. The molecule has 0 unspecified atom stereocenters. The van der Waals surface area contributed by atoms with Gasteiger partial charge in [-0.1, -0.05) is 45.9 Å². The van der Waals surface area contributed by atoms with Gasteiger partial charge < -0.3 is 4.74 Å². The molecule has 0 saturated carbocycles. The molecule has 2 rings (SSSR count). The molecule has 0 bridgehead atoms. The fourth-order valence-electron chi connectivity index (χ4n) is 2.27. The third kappa shape index (κ3) is 3.85. The van der Waals surface area contributed by atoms with Crippen LogP contribution in [0, 0.1) is 0 Å². The predicted molar refractivity (Wildman–Crippen MR) is 88.5 cm³/mol. The fraction of sp³-hybridized carbons (Fsp3) is 0.333. The van der Waals surface area contributed by atoms with E-state index >= 15 is 0 Å². The van der Waals surface area contributed by atoms with Crippen molar-refractivity contribution < 1.29 is 9.53 Å². The predicted octanol–water partition coefficient (Wildman–Crippen LogP) is 4.94. The molecule has 0 aliphatic heterocycles. The van der Waals surface area contributed by atoms with E-state index < -0.39 is 6.09 Å². The molecule has 1 aromatic carbocycles. The molecule has 0 fully saturated rings. The van der Waals surface area contributed by atoms with Gasteiger partial charge in [0.1, 0.15) is 5.75 Å². The van der Waals surface area contributed by atoms with Gasteiger partial charge in [0.05, 0.1) is 11.4 Å². The Kier molecular flexibility index (Phi) is 5.15. The second kappa shape index (κ2) is 7.07. The molecule has 2 aromatic rings. The normalized spacial score (nSPS) is 10.8. The quantitative estimate of drug-likeness (QED) is 0.869. The maximum Gasteiger partial charge on any atom is 0.417 e. The molecule has 4 nitrogen and oxygen atoms in total. The molecule has 116 valence electrons. The van der Waals surface area contributed by atoms with Gasteiger partial charge >= 0.3 is 6.09 Å². The van der Waals surface area contributed by atoms with Crippen molar-refractivity contribution in [2.24, 2.45) is 0 Å². The highest BCUT2D eigenvalue weighted by Crippen LogP contribution is 2.30. The molecule has 0 atom stereocenters. The van der Waals surface area contributed by atoms with Crippen LogP contribution in [0.3, 0.4) is 0 Å². The van der Waals surface area contributed by atoms with Crippen LogP contribution >= 0.6 is 0 Å². The van der Waals surface area contributed by atoms with Gasteiger partial charge in [0.2, 0.25) is 0 Å². The van der Waals surface area contributed by atoms with Crippen LogP contribution in [0.1, 0.15) is 50.8 Å². The zero-order chi connectivity index (χ0) is 16.1. The molecular formula is C18H22N2O2. The van der Waals surface area contributed by atoms with Crippen LogP contribution in [0.5, 0.6) is 5.75 Å². The van der Waals surface area contributed by atoms with E-state index in [0.717, 1.165) is 16.9 Å². The van der Waals surface area contributed by atoms with E-state index in [9.17, 15) is 4.79 Å². The zero-order valence-electron chi connectivity index (χ0n) is 13.5. The molecule has 4 heteroatoms. The summed E-state index contributed by atoms with van der Waals surface area (Å²) in [5.74, 6) is 1.01. The molecule has 0 spiro atoms. The fourth-order valence-corrected chi connectivity index (χ4v) is 2.27. The number of benzene rings is 1. The number of ether oxygens (including phenoxy) is 1. The van der Waals surface area contributed by atoms with E-state index in [0.29, 0.717) is 5.75 Å². The minimum atomic E-state index is -0.497. The van der Waals surface area contributed by atoms with Crippen LogP contribution in [-0.4, -0.2) is 11.1 Å². The highest BCUT2D eigenvalue weighted by molar-refractivity contribution is 5.88. The summed E-state index contributed by atoms with van der Waals surface area (Å²) in [6.45, 7) is 8.29. The first kappa shape index (κ1) is 16.0. The molecule has 22 heavy (non-hydrogen) atoms. The summed E-state index contributed by atoms with van der Waals surface area (Å²) in [6, 6.07) is 11.0. The van der Waals surface area contributed by atoms with E-state index in [1.54, 1.807) is 18.3 Å². The largest absolute Gasteiger partial charge is 0.417 e. The van der Waals surface area contributed by atoms with Crippen LogP contribution in [0.15, 0.2) is 42.6 Å². The molecule has 1 heterocycles. The summed E-state index contributed by atoms with van der Waals surface area (Å²) in [7, 11) is 0. The number of nitrogens with zero attached hydrogens (tertiary/aromatic N) is 1. The monoisotopic (exact) mass is 298 g/mol. The lowest BCUT2D eigenvalue weighted by molar-refractivity contribution is 0.215. The van der Waals surface area contributed by atoms with Crippen LogP contribution in [0.25, 0.3) is 0 Å². The summed E-state index contributed by atoms with van der Waals surface area (Å²) in [4.78, 5) is 16.6. The van der Waals surface area contributed by atoms with Crippen LogP contribution in [0.2, 0.25) is 0 Å². The van der Waals surface area contributed by atoms with Crippen LogP contribution < -0.4 is 10.1 Å². The highest BCUT2D eigenvalue weighted by atomic mass is 16.6. The number of hydrogen-bond acceptors (Lipinski definition) is 3. The second-order valence-corrected chi connectivity index (χ2v) is 5.80. The molecule has 0 saturated heterocycles. The topological polar surface area (TPSA) is 51.2 Å². The summed E-state index contributed by atoms with van der Waals surface area (Å²) in [6.07, 6.45) is 1.29. The van der Waals surface area contributed by atoms with Gasteiger partial charge in [-0.25, -0.2) is 4.79 Å². The third-order valence-corrected chi connectivity index (χ3v) is 3.36. The van der Waals surface area contributed by atoms with Crippen molar-refractivity contribution in [3.8, 4) is 5.75 Å². The Hall–Kier alpha value is -2.36. The summed E-state index contributed by atoms with van der Waals surface area (Å²) >= 11 is 0. The maximum absolute atomic E-state index is 12.2. The molecule has 0 aliphatic rings. The number of amides is 1. The van der Waals surface area contributed by atoms with Crippen LogP contribution in [0.4, 0.5) is 10.5 Å². The Morgan fingerprint density at radius 1 is 1.05 bits per heavy atom. The van der Waals surface area contributed by atoms with Gasteiger partial charge in [-0.05, 0) is 35.6 Å². The number of rotatable bonds is 4. The van der Waals surface area contributed by atoms with E-state index in [2.05, 4.69) is 38.0 Å². The summed E-state index contributed by atoms with van der Waals surface area (Å²) < 4.78 is 5.31. The first-order valence-electron chi connectivity index (χ1n) is 7.51. The Morgan fingerprint density at radius 2 is 1.73 bits per heavy atom. The van der Waals surface area contributed by atoms with Crippen molar-refractivity contribution in [2.45, 2.75) is 39.5 Å². The maximum atomic E-state index is 12.2.